The molecule has 6 atom stereocenters. The van der Waals surface area contributed by atoms with E-state index in [1.54, 1.807) is 0 Å². The molecule has 5 fully saturated rings. The second-order valence-corrected chi connectivity index (χ2v) is 16.9. The Hall–Kier alpha value is -1.79. The van der Waals surface area contributed by atoms with Gasteiger partial charge in [-0.15, -0.1) is 0 Å². The fourth-order valence-corrected chi connectivity index (χ4v) is 9.48. The van der Waals surface area contributed by atoms with Crippen molar-refractivity contribution in [2.75, 3.05) is 0 Å². The molecule has 4 aliphatic carbocycles. The third-order valence-corrected chi connectivity index (χ3v) is 12.5. The van der Waals surface area contributed by atoms with E-state index in [4.69, 9.17) is 9.31 Å². The predicted molar refractivity (Wildman–Crippen MR) is 195 cm³/mol. The van der Waals surface area contributed by atoms with Crippen molar-refractivity contribution < 1.29 is 18.9 Å². The summed E-state index contributed by atoms with van der Waals surface area (Å²) in [7, 11) is 0.0191. The minimum atomic E-state index is -0.649. The third-order valence-electron chi connectivity index (χ3n) is 12.5. The van der Waals surface area contributed by atoms with Crippen LogP contribution in [0.4, 0.5) is 4.79 Å². The molecule has 1 saturated heterocycles. The molecule has 1 aromatic rings. The molecule has 1 aliphatic heterocycles. The highest BCUT2D eigenvalue weighted by Crippen LogP contribution is 2.65. The maximum atomic E-state index is 14.2. The van der Waals surface area contributed by atoms with Crippen molar-refractivity contribution in [3.63, 3.8) is 0 Å². The minimum Gasteiger partial charge on any atom is -0.404 e. The Kier molecular flexibility index (Phi) is 13.0. The van der Waals surface area contributed by atoms with E-state index in [1.165, 1.54) is 77.0 Å². The van der Waals surface area contributed by atoms with Gasteiger partial charge in [-0.25, -0.2) is 0 Å². The number of benzene rings is 1. The highest BCUT2D eigenvalue weighted by molar-refractivity contribution is 6.74. The van der Waals surface area contributed by atoms with Crippen LogP contribution in [0.3, 0.4) is 0 Å². The van der Waals surface area contributed by atoms with Crippen molar-refractivity contribution in [2.24, 2.45) is 23.2 Å². The summed E-state index contributed by atoms with van der Waals surface area (Å²) in [5.74, 6) is 1.45. The van der Waals surface area contributed by atoms with E-state index < -0.39 is 13.2 Å². The van der Waals surface area contributed by atoms with Crippen molar-refractivity contribution in [2.45, 2.75) is 173 Å². The van der Waals surface area contributed by atoms with Gasteiger partial charge in [-0.2, -0.15) is 0 Å². The SMILES string of the molecule is CC(C)C[C@H](NC(=O)[C@H](Cc1ccccc1)NC(=O)BC1CCCCCCCCCCCCC1)B1OC2C[C@H]3C[C@H](C3(C)C)[C@@]2(C)O1. The van der Waals surface area contributed by atoms with Gasteiger partial charge in [0.05, 0.1) is 17.6 Å². The fraction of sp³-hybridized carbons (Fsp3) is 0.795. The Bertz CT molecular complexity index is 1140. The lowest BCUT2D eigenvalue weighted by Crippen LogP contribution is -2.65. The summed E-state index contributed by atoms with van der Waals surface area (Å²) in [6.07, 6.45) is 20.1. The van der Waals surface area contributed by atoms with E-state index in [1.807, 2.05) is 30.3 Å². The Morgan fingerprint density at radius 1 is 0.872 bits per heavy atom. The minimum absolute atomic E-state index is 0.00140. The van der Waals surface area contributed by atoms with Gasteiger partial charge in [0, 0.05) is 6.42 Å². The van der Waals surface area contributed by atoms with Gasteiger partial charge in [-0.3, -0.25) is 9.59 Å². The van der Waals surface area contributed by atoms with Crippen molar-refractivity contribution in [3.8, 4) is 0 Å². The largest absolute Gasteiger partial charge is 0.481 e. The molecule has 4 saturated carbocycles. The molecule has 1 unspecified atom stereocenters. The molecular weight excluding hydrogens is 582 g/mol. The first kappa shape index (κ1) is 36.5. The fourth-order valence-electron chi connectivity index (χ4n) is 9.48. The van der Waals surface area contributed by atoms with Crippen LogP contribution in [-0.4, -0.2) is 49.8 Å². The average molecular weight is 647 g/mol. The van der Waals surface area contributed by atoms with Crippen LogP contribution in [0.1, 0.15) is 143 Å². The molecule has 2 N–H and O–H groups in total. The monoisotopic (exact) mass is 647 g/mol. The lowest BCUT2D eigenvalue weighted by molar-refractivity contribution is -0.199. The van der Waals surface area contributed by atoms with Gasteiger partial charge in [0.2, 0.25) is 13.2 Å². The Balaban J connectivity index is 1.24. The molecule has 6 nitrogen and oxygen atoms in total. The number of carbonyl (C=O) groups is 2. The summed E-state index contributed by atoms with van der Waals surface area (Å²) in [5.41, 5.74) is 0.976. The summed E-state index contributed by atoms with van der Waals surface area (Å²) in [4.78, 5) is 27.9. The van der Waals surface area contributed by atoms with E-state index >= 15 is 0 Å². The molecular formula is C39H64B2N2O4. The normalized spacial score (nSPS) is 29.9. The molecule has 5 aliphatic rings. The van der Waals surface area contributed by atoms with E-state index in [9.17, 15) is 9.59 Å². The molecule has 0 spiro atoms. The quantitative estimate of drug-likeness (QED) is 0.250. The Morgan fingerprint density at radius 2 is 1.47 bits per heavy atom. The molecule has 8 heteroatoms. The van der Waals surface area contributed by atoms with Gasteiger partial charge in [0.25, 0.3) is 0 Å². The van der Waals surface area contributed by atoms with Gasteiger partial charge >= 0.3 is 7.12 Å². The summed E-state index contributed by atoms with van der Waals surface area (Å²) < 4.78 is 13.5. The summed E-state index contributed by atoms with van der Waals surface area (Å²) in [5, 5.41) is 6.57. The maximum absolute atomic E-state index is 14.2. The van der Waals surface area contributed by atoms with Crippen LogP contribution in [0.15, 0.2) is 30.3 Å². The highest BCUT2D eigenvalue weighted by atomic mass is 16.7. The lowest BCUT2D eigenvalue weighted by atomic mass is 9.43. The molecule has 2 bridgehead atoms. The molecule has 6 rings (SSSR count). The van der Waals surface area contributed by atoms with Gasteiger partial charge in [0.15, 0.2) is 5.81 Å². The van der Waals surface area contributed by atoms with Gasteiger partial charge in [-0.05, 0) is 54.9 Å². The number of rotatable bonds is 10. The summed E-state index contributed by atoms with van der Waals surface area (Å²) in [6.45, 7) is 11.3. The van der Waals surface area contributed by atoms with Crippen LogP contribution >= 0.6 is 0 Å². The average Bonchev–Trinajstić information content (AvgIpc) is 3.39. The second kappa shape index (κ2) is 16.7. The predicted octanol–water partition coefficient (Wildman–Crippen LogP) is 8.42. The van der Waals surface area contributed by atoms with E-state index in [0.717, 1.165) is 31.2 Å². The topological polar surface area (TPSA) is 76.7 Å². The highest BCUT2D eigenvalue weighted by Gasteiger charge is 2.68. The van der Waals surface area contributed by atoms with Crippen LogP contribution in [0, 0.1) is 23.2 Å². The zero-order valence-electron chi connectivity index (χ0n) is 30.4. The van der Waals surface area contributed by atoms with Gasteiger partial charge < -0.3 is 19.9 Å². The van der Waals surface area contributed by atoms with E-state index in [2.05, 4.69) is 45.3 Å². The number of hydrogen-bond donors (Lipinski definition) is 2. The molecule has 0 radical (unpaired) electrons. The van der Waals surface area contributed by atoms with E-state index in [-0.39, 0.29) is 34.8 Å². The molecule has 0 aromatic heterocycles. The van der Waals surface area contributed by atoms with Gasteiger partial charge in [-0.1, -0.05) is 147 Å². The van der Waals surface area contributed by atoms with E-state index in [0.29, 0.717) is 37.3 Å². The first-order valence-corrected chi connectivity index (χ1v) is 19.5. The molecule has 47 heavy (non-hydrogen) atoms. The smallest absolute Gasteiger partial charge is 0.404 e. The molecule has 260 valence electrons. The number of hydrogen-bond acceptors (Lipinski definition) is 4. The second-order valence-electron chi connectivity index (χ2n) is 16.9. The number of nitrogens with one attached hydrogen (secondary N) is 2. The molecule has 1 heterocycles. The van der Waals surface area contributed by atoms with Crippen molar-refractivity contribution >= 4 is 26.1 Å². The van der Waals surface area contributed by atoms with Crippen molar-refractivity contribution in [3.05, 3.63) is 35.9 Å². The van der Waals surface area contributed by atoms with Gasteiger partial charge in [0.1, 0.15) is 6.04 Å². The zero-order chi connectivity index (χ0) is 33.4. The van der Waals surface area contributed by atoms with Crippen LogP contribution in [0.5, 0.6) is 0 Å². The molecule has 2 amide bonds. The third kappa shape index (κ3) is 9.47. The number of carbonyl (C=O) groups excluding carboxylic acids is 2. The van der Waals surface area contributed by atoms with Crippen LogP contribution < -0.4 is 10.6 Å². The molecule has 1 aromatic carbocycles. The zero-order valence-corrected chi connectivity index (χ0v) is 30.4. The first-order valence-electron chi connectivity index (χ1n) is 19.5. The summed E-state index contributed by atoms with van der Waals surface area (Å²) >= 11 is 0. The van der Waals surface area contributed by atoms with Crippen molar-refractivity contribution in [1.29, 1.82) is 0 Å². The first-order chi connectivity index (χ1) is 22.6. The summed E-state index contributed by atoms with van der Waals surface area (Å²) in [6, 6.07) is 9.42. The standard InChI is InChI=1S/C39H64B2N2O4/c1-28(2)24-35(41-46-34-27-30-26-33(38(30,3)4)39(34,5)47-41)43-36(44)32(25-29-20-16-15-17-21-29)42-37(45)40-31-22-18-13-11-9-7-6-8-10-12-14-19-23-31/h15-17,20-21,28,30-35,40H,6-14,18-19,22-27H2,1-5H3,(H,42,45)(H,43,44)/t30-,32+,33-,34?,35+,39-/m1/s1. The maximum Gasteiger partial charge on any atom is 0.481 e. The van der Waals surface area contributed by atoms with Crippen LogP contribution in [0.2, 0.25) is 5.82 Å². The lowest BCUT2D eigenvalue weighted by Gasteiger charge is -2.64. The van der Waals surface area contributed by atoms with Crippen LogP contribution in [-0.2, 0) is 20.5 Å². The van der Waals surface area contributed by atoms with Crippen molar-refractivity contribution in [1.82, 2.24) is 10.6 Å². The Morgan fingerprint density at radius 3 is 2.04 bits per heavy atom. The Labute approximate surface area is 287 Å². The number of amides is 2. The van der Waals surface area contributed by atoms with Crippen LogP contribution in [0.25, 0.3) is 0 Å².